The van der Waals surface area contributed by atoms with E-state index < -0.39 is 26.0 Å². The first-order chi connectivity index (χ1) is 17.9. The van der Waals surface area contributed by atoms with Crippen LogP contribution in [0, 0.1) is 12.8 Å². The second-order valence-corrected chi connectivity index (χ2v) is 13.3. The van der Waals surface area contributed by atoms with Gasteiger partial charge in [0.1, 0.15) is 0 Å². The lowest BCUT2D eigenvalue weighted by atomic mass is 9.99. The van der Waals surface area contributed by atoms with Crippen LogP contribution in [0.2, 0.25) is 10.0 Å². The molecule has 2 N–H and O–H groups in total. The molecule has 4 rings (SSSR count). The third kappa shape index (κ3) is 6.80. The van der Waals surface area contributed by atoms with E-state index in [0.29, 0.717) is 36.3 Å². The molecule has 0 spiro atoms. The Morgan fingerprint density at radius 3 is 2.39 bits per heavy atom. The van der Waals surface area contributed by atoms with Crippen molar-refractivity contribution in [2.45, 2.75) is 30.4 Å². The Morgan fingerprint density at radius 2 is 1.74 bits per heavy atom. The smallest absolute Gasteiger partial charge is 0.264 e. The molecule has 0 aliphatic carbocycles. The van der Waals surface area contributed by atoms with Gasteiger partial charge in [-0.1, -0.05) is 29.3 Å². The highest BCUT2D eigenvalue weighted by molar-refractivity contribution is 7.92. The van der Waals surface area contributed by atoms with Crippen LogP contribution >= 0.6 is 23.2 Å². The van der Waals surface area contributed by atoms with E-state index in [1.165, 1.54) is 34.8 Å². The third-order valence-corrected chi connectivity index (χ3v) is 9.81. The highest BCUT2D eigenvalue weighted by Crippen LogP contribution is 2.29. The van der Waals surface area contributed by atoms with E-state index in [1.54, 1.807) is 31.2 Å². The van der Waals surface area contributed by atoms with Gasteiger partial charge in [-0.25, -0.2) is 35.8 Å². The molecule has 1 atom stereocenters. The number of nitrogens with zero attached hydrogens (tertiary/aromatic N) is 3. The van der Waals surface area contributed by atoms with Crippen LogP contribution in [0.3, 0.4) is 0 Å². The number of carbonyl (C=O) groups excluding carboxylic acids is 1. The molecule has 2 aromatic carbocycles. The molecule has 0 saturated carbocycles. The Balaban J connectivity index is 1.40. The number of amides is 1. The number of rotatable bonds is 8. The number of aryl methyl sites for hydroxylation is 1. The molecule has 38 heavy (non-hydrogen) atoms. The first kappa shape index (κ1) is 28.2. The van der Waals surface area contributed by atoms with Crippen molar-refractivity contribution in [2.24, 2.45) is 5.92 Å². The average molecular weight is 599 g/mol. The van der Waals surface area contributed by atoms with Crippen molar-refractivity contribution in [1.82, 2.24) is 14.3 Å². The van der Waals surface area contributed by atoms with Crippen LogP contribution in [0.25, 0.3) is 0 Å². The molecule has 202 valence electrons. The fourth-order valence-corrected chi connectivity index (χ4v) is 7.31. The third-order valence-electron chi connectivity index (χ3n) is 5.99. The van der Waals surface area contributed by atoms with E-state index in [1.807, 2.05) is 0 Å². The summed E-state index contributed by atoms with van der Waals surface area (Å²) in [4.78, 5) is 20.8. The fraction of sp³-hybridized carbons (Fsp3) is 0.292. The van der Waals surface area contributed by atoms with E-state index in [4.69, 9.17) is 23.2 Å². The largest absolute Gasteiger partial charge is 0.326 e. The zero-order chi connectivity index (χ0) is 27.5. The lowest BCUT2D eigenvalue weighted by molar-refractivity contribution is -0.120. The number of carbonyl (C=O) groups is 1. The number of aromatic nitrogens is 2. The lowest BCUT2D eigenvalue weighted by Gasteiger charge is -2.31. The second kappa shape index (κ2) is 11.5. The zero-order valence-corrected chi connectivity index (χ0v) is 23.4. The normalized spacial score (nSPS) is 16.7. The van der Waals surface area contributed by atoms with Crippen molar-refractivity contribution >= 4 is 60.8 Å². The molecule has 14 heteroatoms. The van der Waals surface area contributed by atoms with E-state index >= 15 is 0 Å². The second-order valence-electron chi connectivity index (χ2n) is 8.79. The summed E-state index contributed by atoms with van der Waals surface area (Å²) in [6.45, 7) is 2.02. The van der Waals surface area contributed by atoms with E-state index in [9.17, 15) is 21.6 Å². The molecule has 1 fully saturated rings. The van der Waals surface area contributed by atoms with Gasteiger partial charge in [0.25, 0.3) is 10.0 Å². The number of hydrogen-bond acceptors (Lipinski definition) is 7. The van der Waals surface area contributed by atoms with Gasteiger partial charge in [0.05, 0.1) is 16.6 Å². The summed E-state index contributed by atoms with van der Waals surface area (Å²) in [5.41, 5.74) is 1.31. The van der Waals surface area contributed by atoms with Gasteiger partial charge >= 0.3 is 0 Å². The van der Waals surface area contributed by atoms with Crippen LogP contribution in [-0.4, -0.2) is 50.1 Å². The van der Waals surface area contributed by atoms with Crippen LogP contribution in [-0.2, 0) is 30.6 Å². The summed E-state index contributed by atoms with van der Waals surface area (Å²) >= 11 is 12.3. The standard InChI is InChI=1S/C24H25Cl2N5O5S2/c1-16-11-12-27-24(28-16)30-38(35,36)19-9-7-18(8-10-19)29-23(32)17-4-3-13-31(14-17)37(33,34)15-20-21(25)5-2-6-22(20)26/h2,5-12,17H,3-4,13-15H2,1H3,(H,29,32)(H,27,28,30)/t17-/m0/s1. The summed E-state index contributed by atoms with van der Waals surface area (Å²) in [5, 5.41) is 3.27. The topological polar surface area (TPSA) is 138 Å². The van der Waals surface area contributed by atoms with E-state index in [2.05, 4.69) is 20.0 Å². The quantitative estimate of drug-likeness (QED) is 0.399. The number of piperidine rings is 1. The molecule has 1 aliphatic heterocycles. The lowest BCUT2D eigenvalue weighted by Crippen LogP contribution is -2.44. The van der Waals surface area contributed by atoms with Crippen molar-refractivity contribution in [2.75, 3.05) is 23.1 Å². The average Bonchev–Trinajstić information content (AvgIpc) is 2.86. The summed E-state index contributed by atoms with van der Waals surface area (Å²) in [5.74, 6) is -1.35. The van der Waals surface area contributed by atoms with E-state index in [-0.39, 0.29) is 39.1 Å². The molecule has 1 aromatic heterocycles. The first-order valence-electron chi connectivity index (χ1n) is 11.6. The Bertz CT molecular complexity index is 1530. The first-order valence-corrected chi connectivity index (χ1v) is 15.4. The van der Waals surface area contributed by atoms with Gasteiger partial charge in [-0.05, 0) is 62.2 Å². The molecule has 0 bridgehead atoms. The van der Waals surface area contributed by atoms with Crippen LogP contribution in [0.4, 0.5) is 11.6 Å². The maximum absolute atomic E-state index is 13.1. The maximum atomic E-state index is 13.1. The van der Waals surface area contributed by atoms with E-state index in [0.717, 1.165) is 0 Å². The van der Waals surface area contributed by atoms with Crippen molar-refractivity contribution in [3.8, 4) is 0 Å². The van der Waals surface area contributed by atoms with Crippen molar-refractivity contribution in [1.29, 1.82) is 0 Å². The molecule has 1 amide bonds. The monoisotopic (exact) mass is 597 g/mol. The SMILES string of the molecule is Cc1ccnc(NS(=O)(=O)c2ccc(NC(=O)[C@H]3CCCN(S(=O)(=O)Cc4c(Cl)cccc4Cl)C3)cc2)n1. The molecule has 1 saturated heterocycles. The Hall–Kier alpha value is -2.77. The van der Waals surface area contributed by atoms with Gasteiger partial charge in [0.15, 0.2) is 0 Å². The van der Waals surface area contributed by atoms with Crippen LogP contribution in [0.5, 0.6) is 0 Å². The summed E-state index contributed by atoms with van der Waals surface area (Å²) < 4.78 is 55.0. The van der Waals surface area contributed by atoms with Crippen LogP contribution in [0.1, 0.15) is 24.1 Å². The predicted molar refractivity (Wildman–Crippen MR) is 146 cm³/mol. The van der Waals surface area contributed by atoms with Crippen LogP contribution < -0.4 is 10.0 Å². The molecule has 0 radical (unpaired) electrons. The molecular formula is C24H25Cl2N5O5S2. The highest BCUT2D eigenvalue weighted by atomic mass is 35.5. The van der Waals surface area contributed by atoms with Gasteiger partial charge in [-0.15, -0.1) is 0 Å². The highest BCUT2D eigenvalue weighted by Gasteiger charge is 2.33. The Kier molecular flexibility index (Phi) is 8.58. The fourth-order valence-electron chi connectivity index (χ4n) is 3.99. The number of sulfonamides is 2. The molecule has 1 aliphatic rings. The Labute approximate surface area is 231 Å². The van der Waals surface area contributed by atoms with Gasteiger partial charge in [0, 0.05) is 46.3 Å². The summed E-state index contributed by atoms with van der Waals surface area (Å²) in [7, 11) is -7.70. The minimum absolute atomic E-state index is 0.0170. The summed E-state index contributed by atoms with van der Waals surface area (Å²) in [6.07, 6.45) is 2.47. The molecule has 3 aromatic rings. The molecular weight excluding hydrogens is 573 g/mol. The van der Waals surface area contributed by atoms with Gasteiger partial charge in [0.2, 0.25) is 21.9 Å². The minimum Gasteiger partial charge on any atom is -0.326 e. The number of hydrogen-bond donors (Lipinski definition) is 2. The predicted octanol–water partition coefficient (Wildman–Crippen LogP) is 4.07. The molecule has 0 unspecified atom stereocenters. The number of nitrogens with one attached hydrogen (secondary N) is 2. The molecule has 10 nitrogen and oxygen atoms in total. The van der Waals surface area contributed by atoms with Crippen molar-refractivity contribution in [3.05, 3.63) is 76.0 Å². The van der Waals surface area contributed by atoms with Gasteiger partial charge < -0.3 is 5.32 Å². The minimum atomic E-state index is -3.93. The summed E-state index contributed by atoms with van der Waals surface area (Å²) in [6, 6.07) is 12.0. The van der Waals surface area contributed by atoms with Gasteiger partial charge in [-0.2, -0.15) is 0 Å². The van der Waals surface area contributed by atoms with Crippen molar-refractivity contribution in [3.63, 3.8) is 0 Å². The number of anilines is 2. The zero-order valence-electron chi connectivity index (χ0n) is 20.3. The van der Waals surface area contributed by atoms with Crippen LogP contribution in [0.15, 0.2) is 59.6 Å². The number of benzene rings is 2. The van der Waals surface area contributed by atoms with Crippen molar-refractivity contribution < 1.29 is 21.6 Å². The van der Waals surface area contributed by atoms with Gasteiger partial charge in [-0.3, -0.25) is 4.79 Å². The Morgan fingerprint density at radius 1 is 1.05 bits per heavy atom. The molecule has 2 heterocycles. The maximum Gasteiger partial charge on any atom is 0.264 e. The number of halogens is 2.